The molecular formula is C25H27N3O3. The Morgan fingerprint density at radius 3 is 2.23 bits per heavy atom. The maximum atomic E-state index is 12.3. The summed E-state index contributed by atoms with van der Waals surface area (Å²) in [6.07, 6.45) is 0. The van der Waals surface area contributed by atoms with Crippen LogP contribution in [0.25, 0.3) is 0 Å². The van der Waals surface area contributed by atoms with Crippen LogP contribution in [-0.2, 0) is 16.2 Å². The van der Waals surface area contributed by atoms with Crippen molar-refractivity contribution in [2.24, 2.45) is 5.92 Å². The highest BCUT2D eigenvalue weighted by Gasteiger charge is 2.08. The van der Waals surface area contributed by atoms with Crippen molar-refractivity contribution in [2.75, 3.05) is 22.5 Å². The first-order valence-electron chi connectivity index (χ1n) is 10.2. The van der Waals surface area contributed by atoms with Gasteiger partial charge < -0.3 is 20.7 Å². The Bertz CT molecular complexity index is 1000. The Hall–Kier alpha value is -3.80. The number of nitrogens with one attached hydrogen (secondary N) is 3. The molecule has 0 radical (unpaired) electrons. The molecule has 0 fully saturated rings. The first kappa shape index (κ1) is 21.9. The summed E-state index contributed by atoms with van der Waals surface area (Å²) in [6, 6.07) is 24.5. The molecule has 3 aromatic rings. The second-order valence-electron chi connectivity index (χ2n) is 7.43. The molecular weight excluding hydrogens is 390 g/mol. The third-order valence-corrected chi connectivity index (χ3v) is 4.49. The van der Waals surface area contributed by atoms with E-state index < -0.39 is 0 Å². The predicted molar refractivity (Wildman–Crippen MR) is 124 cm³/mol. The molecule has 0 aliphatic carbocycles. The summed E-state index contributed by atoms with van der Waals surface area (Å²) in [6.45, 7) is 4.27. The molecule has 3 rings (SSSR count). The average Bonchev–Trinajstić information content (AvgIpc) is 2.78. The average molecular weight is 418 g/mol. The minimum Gasteiger partial charge on any atom is -0.489 e. The number of amides is 2. The lowest BCUT2D eigenvalue weighted by atomic mass is 10.2. The number of ether oxygens (including phenoxy) is 1. The number of hydrogen-bond donors (Lipinski definition) is 3. The zero-order valence-corrected chi connectivity index (χ0v) is 17.7. The van der Waals surface area contributed by atoms with Gasteiger partial charge in [0.2, 0.25) is 11.8 Å². The molecule has 2 amide bonds. The van der Waals surface area contributed by atoms with E-state index in [2.05, 4.69) is 16.0 Å². The van der Waals surface area contributed by atoms with Gasteiger partial charge in [0.05, 0.1) is 6.54 Å². The lowest BCUT2D eigenvalue weighted by molar-refractivity contribution is -0.119. The van der Waals surface area contributed by atoms with E-state index in [-0.39, 0.29) is 24.3 Å². The number of hydrogen-bond acceptors (Lipinski definition) is 4. The van der Waals surface area contributed by atoms with Crippen LogP contribution in [0.15, 0.2) is 78.9 Å². The maximum Gasteiger partial charge on any atom is 0.243 e. The van der Waals surface area contributed by atoms with Crippen molar-refractivity contribution < 1.29 is 14.3 Å². The van der Waals surface area contributed by atoms with Gasteiger partial charge in [-0.15, -0.1) is 0 Å². The van der Waals surface area contributed by atoms with Crippen molar-refractivity contribution in [2.45, 2.75) is 20.5 Å². The first-order chi connectivity index (χ1) is 15.0. The molecule has 0 saturated heterocycles. The van der Waals surface area contributed by atoms with E-state index in [4.69, 9.17) is 4.74 Å². The molecule has 0 heterocycles. The summed E-state index contributed by atoms with van der Waals surface area (Å²) in [5.41, 5.74) is 3.23. The van der Waals surface area contributed by atoms with Gasteiger partial charge in [-0.3, -0.25) is 9.59 Å². The standard InChI is InChI=1S/C25H27N3O3/c1-18(2)25(30)28-22-10-6-9-21(15-22)26-16-24(29)27-20-11-13-23(14-12-20)31-17-19-7-4-3-5-8-19/h3-15,18,26H,16-17H2,1-2H3,(H,27,29)(H,28,30). The van der Waals surface area contributed by atoms with Crippen LogP contribution in [0.2, 0.25) is 0 Å². The number of carbonyl (C=O) groups excluding carboxylic acids is 2. The van der Waals surface area contributed by atoms with Gasteiger partial charge in [0.25, 0.3) is 0 Å². The highest BCUT2D eigenvalue weighted by molar-refractivity contribution is 5.94. The highest BCUT2D eigenvalue weighted by atomic mass is 16.5. The topological polar surface area (TPSA) is 79.5 Å². The smallest absolute Gasteiger partial charge is 0.243 e. The molecule has 3 aromatic carbocycles. The molecule has 0 saturated carbocycles. The van der Waals surface area contributed by atoms with Gasteiger partial charge in [-0.25, -0.2) is 0 Å². The van der Waals surface area contributed by atoms with Crippen LogP contribution in [0.4, 0.5) is 17.1 Å². The molecule has 0 bridgehead atoms. The Morgan fingerprint density at radius 1 is 0.806 bits per heavy atom. The fraction of sp³-hybridized carbons (Fsp3) is 0.200. The predicted octanol–water partition coefficient (Wildman–Crippen LogP) is 4.91. The molecule has 31 heavy (non-hydrogen) atoms. The van der Waals surface area contributed by atoms with Crippen LogP contribution in [-0.4, -0.2) is 18.4 Å². The normalized spacial score (nSPS) is 10.4. The lowest BCUT2D eigenvalue weighted by Gasteiger charge is -2.11. The minimum atomic E-state index is -0.172. The summed E-state index contributed by atoms with van der Waals surface area (Å²) >= 11 is 0. The summed E-state index contributed by atoms with van der Waals surface area (Å²) in [7, 11) is 0. The lowest BCUT2D eigenvalue weighted by Crippen LogP contribution is -2.22. The van der Waals surface area contributed by atoms with Crippen LogP contribution in [0, 0.1) is 5.92 Å². The van der Waals surface area contributed by atoms with Crippen molar-refractivity contribution in [3.63, 3.8) is 0 Å². The summed E-state index contributed by atoms with van der Waals surface area (Å²) < 4.78 is 5.76. The Labute approximate surface area is 182 Å². The Kier molecular flexibility index (Phi) is 7.65. The van der Waals surface area contributed by atoms with E-state index in [1.165, 1.54) is 0 Å². The van der Waals surface area contributed by atoms with Gasteiger partial charge >= 0.3 is 0 Å². The van der Waals surface area contributed by atoms with Crippen molar-refractivity contribution in [1.82, 2.24) is 0 Å². The van der Waals surface area contributed by atoms with Crippen molar-refractivity contribution in [1.29, 1.82) is 0 Å². The van der Waals surface area contributed by atoms with Gasteiger partial charge in [0.15, 0.2) is 0 Å². The molecule has 160 valence electrons. The number of rotatable bonds is 9. The van der Waals surface area contributed by atoms with E-state index in [0.717, 1.165) is 17.0 Å². The first-order valence-corrected chi connectivity index (χ1v) is 10.2. The largest absolute Gasteiger partial charge is 0.489 e. The van der Waals surface area contributed by atoms with E-state index in [9.17, 15) is 9.59 Å². The molecule has 0 aliphatic heterocycles. The number of carbonyl (C=O) groups is 2. The van der Waals surface area contributed by atoms with Crippen LogP contribution in [0.3, 0.4) is 0 Å². The SMILES string of the molecule is CC(C)C(=O)Nc1cccc(NCC(=O)Nc2ccc(OCc3ccccc3)cc2)c1. The molecule has 0 unspecified atom stereocenters. The summed E-state index contributed by atoms with van der Waals surface area (Å²) in [4.78, 5) is 24.1. The van der Waals surface area contributed by atoms with Crippen LogP contribution in [0.1, 0.15) is 19.4 Å². The minimum absolute atomic E-state index is 0.0499. The molecule has 0 aliphatic rings. The van der Waals surface area contributed by atoms with E-state index >= 15 is 0 Å². The fourth-order valence-electron chi connectivity index (χ4n) is 2.76. The van der Waals surface area contributed by atoms with Crippen LogP contribution >= 0.6 is 0 Å². The van der Waals surface area contributed by atoms with Gasteiger partial charge in [-0.2, -0.15) is 0 Å². The zero-order valence-electron chi connectivity index (χ0n) is 17.7. The monoisotopic (exact) mass is 417 g/mol. The van der Waals surface area contributed by atoms with E-state index in [0.29, 0.717) is 18.0 Å². The summed E-state index contributed by atoms with van der Waals surface area (Å²) in [5, 5.41) is 8.76. The van der Waals surface area contributed by atoms with E-state index in [1.54, 1.807) is 18.2 Å². The Balaban J connectivity index is 1.46. The molecule has 6 heteroatoms. The highest BCUT2D eigenvalue weighted by Crippen LogP contribution is 2.18. The molecule has 0 aromatic heterocycles. The third kappa shape index (κ3) is 7.19. The number of anilines is 3. The third-order valence-electron chi connectivity index (χ3n) is 4.49. The molecule has 0 spiro atoms. The Morgan fingerprint density at radius 2 is 1.52 bits per heavy atom. The van der Waals surface area contributed by atoms with Crippen molar-refractivity contribution in [3.8, 4) is 5.75 Å². The molecule has 6 nitrogen and oxygen atoms in total. The van der Waals surface area contributed by atoms with Crippen molar-refractivity contribution >= 4 is 28.9 Å². The zero-order chi connectivity index (χ0) is 22.1. The number of benzene rings is 3. The molecule has 3 N–H and O–H groups in total. The van der Waals surface area contributed by atoms with Gasteiger partial charge in [-0.1, -0.05) is 50.2 Å². The van der Waals surface area contributed by atoms with Gasteiger partial charge in [0, 0.05) is 23.0 Å². The van der Waals surface area contributed by atoms with Crippen molar-refractivity contribution in [3.05, 3.63) is 84.4 Å². The second-order valence-corrected chi connectivity index (χ2v) is 7.43. The van der Waals surface area contributed by atoms with E-state index in [1.807, 2.05) is 74.5 Å². The maximum absolute atomic E-state index is 12.3. The quantitative estimate of drug-likeness (QED) is 0.462. The fourth-order valence-corrected chi connectivity index (χ4v) is 2.76. The van der Waals surface area contributed by atoms with Gasteiger partial charge in [-0.05, 0) is 48.0 Å². The van der Waals surface area contributed by atoms with Crippen LogP contribution in [0.5, 0.6) is 5.75 Å². The van der Waals surface area contributed by atoms with Gasteiger partial charge in [0.1, 0.15) is 12.4 Å². The molecule has 0 atom stereocenters. The second kappa shape index (κ2) is 10.8. The summed E-state index contributed by atoms with van der Waals surface area (Å²) in [5.74, 6) is 0.415. The van der Waals surface area contributed by atoms with Crippen LogP contribution < -0.4 is 20.7 Å².